The molecule has 0 unspecified atom stereocenters. The number of carbonyl (C=O) groups is 2. The Balaban J connectivity index is 2.05. The zero-order chi connectivity index (χ0) is 17.9. The molecular weight excluding hydrogens is 314 g/mol. The van der Waals surface area contributed by atoms with E-state index in [1.165, 1.54) is 11.0 Å². The fourth-order valence-electron chi connectivity index (χ4n) is 3.05. The van der Waals surface area contributed by atoms with E-state index in [-0.39, 0.29) is 23.7 Å². The normalized spacial score (nSPS) is 15.7. The summed E-state index contributed by atoms with van der Waals surface area (Å²) in [6, 6.07) is 3.50. The molecule has 1 heterocycles. The van der Waals surface area contributed by atoms with Crippen LogP contribution in [0.2, 0.25) is 0 Å². The van der Waals surface area contributed by atoms with Gasteiger partial charge in [-0.05, 0) is 31.9 Å². The number of halogens is 2. The van der Waals surface area contributed by atoms with E-state index in [4.69, 9.17) is 0 Å². The Morgan fingerprint density at radius 2 is 1.83 bits per heavy atom. The third-order valence-corrected chi connectivity index (χ3v) is 4.45. The molecule has 1 fully saturated rings. The first-order valence-electron chi connectivity index (χ1n) is 8.40. The average molecular weight is 338 g/mol. The molecule has 1 aliphatic rings. The van der Waals surface area contributed by atoms with E-state index >= 15 is 0 Å². The number of benzene rings is 1. The summed E-state index contributed by atoms with van der Waals surface area (Å²) in [6.07, 6.45) is 1.19. The molecule has 1 aromatic carbocycles. The molecule has 1 aromatic rings. The summed E-state index contributed by atoms with van der Waals surface area (Å²) < 4.78 is 26.5. The molecule has 0 spiro atoms. The molecule has 1 aliphatic heterocycles. The lowest BCUT2D eigenvalue weighted by atomic mass is 9.94. The monoisotopic (exact) mass is 338 g/mol. The van der Waals surface area contributed by atoms with Gasteiger partial charge >= 0.3 is 0 Å². The predicted octanol–water partition coefficient (Wildman–Crippen LogP) is 3.21. The van der Waals surface area contributed by atoms with Crippen molar-refractivity contribution >= 4 is 17.5 Å². The van der Waals surface area contributed by atoms with E-state index in [0.717, 1.165) is 12.1 Å². The quantitative estimate of drug-likeness (QED) is 0.846. The van der Waals surface area contributed by atoms with E-state index in [1.54, 1.807) is 11.8 Å². The first kappa shape index (κ1) is 18.4. The zero-order valence-corrected chi connectivity index (χ0v) is 14.4. The summed E-state index contributed by atoms with van der Waals surface area (Å²) in [5.74, 6) is -2.13. The van der Waals surface area contributed by atoms with Crippen molar-refractivity contribution in [3.05, 3.63) is 29.8 Å². The molecule has 2 amide bonds. The van der Waals surface area contributed by atoms with Gasteiger partial charge in [0.25, 0.3) is 0 Å². The van der Waals surface area contributed by atoms with Crippen molar-refractivity contribution in [2.75, 3.05) is 24.5 Å². The predicted molar refractivity (Wildman–Crippen MR) is 88.5 cm³/mol. The first-order valence-corrected chi connectivity index (χ1v) is 8.40. The van der Waals surface area contributed by atoms with Gasteiger partial charge in [0, 0.05) is 43.2 Å². The van der Waals surface area contributed by atoms with Gasteiger partial charge in [-0.25, -0.2) is 8.78 Å². The molecule has 132 valence electrons. The lowest BCUT2D eigenvalue weighted by molar-refractivity contribution is -0.137. The van der Waals surface area contributed by atoms with Crippen LogP contribution in [0.4, 0.5) is 14.5 Å². The Kier molecular flexibility index (Phi) is 5.91. The Morgan fingerprint density at radius 1 is 1.21 bits per heavy atom. The number of rotatable bonds is 4. The standard InChI is InChI=1S/C18H24F2N2O2/c1-4-22(14-5-6-15(19)16(20)11-14)18(24)13-7-9-21(10-8-13)17(23)12(2)3/h5-6,11-13H,4,7-10H2,1-3H3. The topological polar surface area (TPSA) is 40.6 Å². The maximum Gasteiger partial charge on any atom is 0.230 e. The summed E-state index contributed by atoms with van der Waals surface area (Å²) >= 11 is 0. The van der Waals surface area contributed by atoms with Crippen molar-refractivity contribution in [1.82, 2.24) is 4.90 Å². The molecule has 0 radical (unpaired) electrons. The molecule has 2 rings (SSSR count). The Hall–Kier alpha value is -1.98. The molecule has 6 heteroatoms. The van der Waals surface area contributed by atoms with Crippen LogP contribution in [0.25, 0.3) is 0 Å². The third-order valence-electron chi connectivity index (χ3n) is 4.45. The van der Waals surface area contributed by atoms with E-state index in [2.05, 4.69) is 0 Å². The summed E-state index contributed by atoms with van der Waals surface area (Å²) in [6.45, 7) is 7.03. The molecular formula is C18H24F2N2O2. The van der Waals surface area contributed by atoms with Gasteiger partial charge in [-0.15, -0.1) is 0 Å². The van der Waals surface area contributed by atoms with Crippen LogP contribution in [0.5, 0.6) is 0 Å². The van der Waals surface area contributed by atoms with Gasteiger partial charge in [0.15, 0.2) is 11.6 Å². The second-order valence-corrected chi connectivity index (χ2v) is 6.44. The average Bonchev–Trinajstić information content (AvgIpc) is 2.58. The number of anilines is 1. The summed E-state index contributed by atoms with van der Waals surface area (Å²) in [7, 11) is 0. The van der Waals surface area contributed by atoms with Crippen LogP contribution in [-0.4, -0.2) is 36.3 Å². The van der Waals surface area contributed by atoms with Crippen LogP contribution in [0.15, 0.2) is 18.2 Å². The van der Waals surface area contributed by atoms with Crippen molar-refractivity contribution in [2.24, 2.45) is 11.8 Å². The molecule has 0 aromatic heterocycles. The largest absolute Gasteiger partial charge is 0.342 e. The van der Waals surface area contributed by atoms with E-state index in [9.17, 15) is 18.4 Å². The minimum atomic E-state index is -0.962. The Morgan fingerprint density at radius 3 is 2.33 bits per heavy atom. The van der Waals surface area contributed by atoms with Gasteiger partial charge in [-0.1, -0.05) is 13.8 Å². The highest BCUT2D eigenvalue weighted by Gasteiger charge is 2.31. The minimum absolute atomic E-state index is 0.0495. The zero-order valence-electron chi connectivity index (χ0n) is 14.4. The van der Waals surface area contributed by atoms with Gasteiger partial charge in [0.05, 0.1) is 0 Å². The van der Waals surface area contributed by atoms with Crippen LogP contribution in [0, 0.1) is 23.5 Å². The van der Waals surface area contributed by atoms with E-state index in [0.29, 0.717) is 38.2 Å². The highest BCUT2D eigenvalue weighted by molar-refractivity contribution is 5.95. The fourth-order valence-corrected chi connectivity index (χ4v) is 3.05. The molecule has 0 saturated carbocycles. The van der Waals surface area contributed by atoms with E-state index < -0.39 is 11.6 Å². The summed E-state index contributed by atoms with van der Waals surface area (Å²) in [5.41, 5.74) is 0.363. The molecule has 0 N–H and O–H groups in total. The smallest absolute Gasteiger partial charge is 0.230 e. The van der Waals surface area contributed by atoms with Crippen molar-refractivity contribution in [3.63, 3.8) is 0 Å². The van der Waals surface area contributed by atoms with Gasteiger partial charge < -0.3 is 9.80 Å². The molecule has 0 aliphatic carbocycles. The molecule has 1 saturated heterocycles. The van der Waals surface area contributed by atoms with Gasteiger partial charge in [0.1, 0.15) is 0 Å². The maximum atomic E-state index is 13.4. The van der Waals surface area contributed by atoms with Crippen LogP contribution in [-0.2, 0) is 9.59 Å². The number of carbonyl (C=O) groups excluding carboxylic acids is 2. The molecule has 0 bridgehead atoms. The molecule has 0 atom stereocenters. The Labute approximate surface area is 141 Å². The lowest BCUT2D eigenvalue weighted by Crippen LogP contribution is -2.45. The highest BCUT2D eigenvalue weighted by Crippen LogP contribution is 2.25. The van der Waals surface area contributed by atoms with Crippen LogP contribution >= 0.6 is 0 Å². The Bertz CT molecular complexity index is 611. The van der Waals surface area contributed by atoms with Crippen molar-refractivity contribution in [1.29, 1.82) is 0 Å². The van der Waals surface area contributed by atoms with Crippen LogP contribution < -0.4 is 4.90 Å². The SMILES string of the molecule is CCN(C(=O)C1CCN(C(=O)C(C)C)CC1)c1ccc(F)c(F)c1. The highest BCUT2D eigenvalue weighted by atomic mass is 19.2. The van der Waals surface area contributed by atoms with Gasteiger partial charge in [-0.2, -0.15) is 0 Å². The number of likely N-dealkylation sites (tertiary alicyclic amines) is 1. The van der Waals surface area contributed by atoms with Gasteiger partial charge in [0.2, 0.25) is 11.8 Å². The number of hydrogen-bond donors (Lipinski definition) is 0. The van der Waals surface area contributed by atoms with Crippen molar-refractivity contribution < 1.29 is 18.4 Å². The maximum absolute atomic E-state index is 13.4. The minimum Gasteiger partial charge on any atom is -0.342 e. The molecule has 4 nitrogen and oxygen atoms in total. The van der Waals surface area contributed by atoms with Crippen LogP contribution in [0.1, 0.15) is 33.6 Å². The number of nitrogens with zero attached hydrogens (tertiary/aromatic N) is 2. The number of hydrogen-bond acceptors (Lipinski definition) is 2. The third kappa shape index (κ3) is 3.91. The number of amides is 2. The number of piperidine rings is 1. The molecule has 24 heavy (non-hydrogen) atoms. The lowest BCUT2D eigenvalue weighted by Gasteiger charge is -2.34. The summed E-state index contributed by atoms with van der Waals surface area (Å²) in [5, 5.41) is 0. The van der Waals surface area contributed by atoms with Gasteiger partial charge in [-0.3, -0.25) is 9.59 Å². The van der Waals surface area contributed by atoms with Crippen molar-refractivity contribution in [2.45, 2.75) is 33.6 Å². The fraction of sp³-hybridized carbons (Fsp3) is 0.556. The van der Waals surface area contributed by atoms with E-state index in [1.807, 2.05) is 13.8 Å². The second-order valence-electron chi connectivity index (χ2n) is 6.44. The second kappa shape index (κ2) is 7.73. The van der Waals surface area contributed by atoms with Crippen molar-refractivity contribution in [3.8, 4) is 0 Å². The summed E-state index contributed by atoms with van der Waals surface area (Å²) in [4.78, 5) is 28.0. The van der Waals surface area contributed by atoms with Crippen LogP contribution in [0.3, 0.4) is 0 Å². The first-order chi connectivity index (χ1) is 11.3.